The molecule has 114 valence electrons. The number of nitrogens with one attached hydrogen (secondary N) is 1. The van der Waals surface area contributed by atoms with Gasteiger partial charge in [-0.1, -0.05) is 31.5 Å². The molecule has 0 fully saturated rings. The highest BCUT2D eigenvalue weighted by Crippen LogP contribution is 2.22. The number of hydrogen-bond donors (Lipinski definition) is 1. The lowest BCUT2D eigenvalue weighted by Gasteiger charge is -2.21. The monoisotopic (exact) mass is 305 g/mol. The lowest BCUT2D eigenvalue weighted by Crippen LogP contribution is -2.35. The summed E-state index contributed by atoms with van der Waals surface area (Å²) in [6, 6.07) is 8.02. The standard InChI is InChI=1S/C17H24ClN3/c1-12(2)15-8-9-21(20-15)16-10-14(18)7-6-13(16)11-19-17(3,4)5/h6-10,12,19H,11H2,1-5H3. The van der Waals surface area contributed by atoms with Gasteiger partial charge in [-0.15, -0.1) is 0 Å². The van der Waals surface area contributed by atoms with E-state index in [2.05, 4.69) is 57.2 Å². The maximum Gasteiger partial charge on any atom is 0.0705 e. The average Bonchev–Trinajstić information content (AvgIpc) is 2.85. The van der Waals surface area contributed by atoms with E-state index in [1.807, 2.05) is 23.0 Å². The lowest BCUT2D eigenvalue weighted by atomic mass is 10.1. The first kappa shape index (κ1) is 16.1. The minimum absolute atomic E-state index is 0.0735. The fraction of sp³-hybridized carbons (Fsp3) is 0.471. The van der Waals surface area contributed by atoms with Crippen LogP contribution in [0.2, 0.25) is 5.02 Å². The van der Waals surface area contributed by atoms with E-state index >= 15 is 0 Å². The Morgan fingerprint density at radius 1 is 1.24 bits per heavy atom. The smallest absolute Gasteiger partial charge is 0.0705 e. The minimum atomic E-state index is 0.0735. The molecule has 0 saturated carbocycles. The van der Waals surface area contributed by atoms with Gasteiger partial charge in [0.25, 0.3) is 0 Å². The molecule has 4 heteroatoms. The van der Waals surface area contributed by atoms with E-state index in [-0.39, 0.29) is 5.54 Å². The molecule has 0 aliphatic heterocycles. The van der Waals surface area contributed by atoms with Gasteiger partial charge in [0.2, 0.25) is 0 Å². The molecule has 1 heterocycles. The van der Waals surface area contributed by atoms with Crippen molar-refractivity contribution in [2.45, 2.75) is 52.6 Å². The summed E-state index contributed by atoms with van der Waals surface area (Å²) in [5.74, 6) is 0.418. The summed E-state index contributed by atoms with van der Waals surface area (Å²) in [5.41, 5.74) is 3.38. The average molecular weight is 306 g/mol. The summed E-state index contributed by atoms with van der Waals surface area (Å²) in [6.45, 7) is 11.6. The van der Waals surface area contributed by atoms with E-state index in [1.54, 1.807) is 0 Å². The Labute approximate surface area is 132 Å². The van der Waals surface area contributed by atoms with Crippen LogP contribution in [-0.4, -0.2) is 15.3 Å². The minimum Gasteiger partial charge on any atom is -0.308 e. The van der Waals surface area contributed by atoms with Crippen molar-refractivity contribution in [3.8, 4) is 5.69 Å². The van der Waals surface area contributed by atoms with E-state index in [0.29, 0.717) is 5.92 Å². The van der Waals surface area contributed by atoms with Crippen LogP contribution < -0.4 is 5.32 Å². The normalized spacial score (nSPS) is 12.1. The molecule has 0 spiro atoms. The van der Waals surface area contributed by atoms with Crippen molar-refractivity contribution in [1.82, 2.24) is 15.1 Å². The fourth-order valence-corrected chi connectivity index (χ4v) is 2.21. The number of halogens is 1. The molecule has 0 unspecified atom stereocenters. The third-order valence-corrected chi connectivity index (χ3v) is 3.54. The maximum absolute atomic E-state index is 6.16. The Morgan fingerprint density at radius 3 is 2.52 bits per heavy atom. The first-order chi connectivity index (χ1) is 9.76. The van der Waals surface area contributed by atoms with Crippen LogP contribution in [-0.2, 0) is 6.54 Å². The van der Waals surface area contributed by atoms with Gasteiger partial charge in [-0.2, -0.15) is 5.10 Å². The van der Waals surface area contributed by atoms with Gasteiger partial charge in [-0.3, -0.25) is 0 Å². The van der Waals surface area contributed by atoms with Crippen molar-refractivity contribution in [2.75, 3.05) is 0 Å². The number of rotatable bonds is 4. The molecule has 0 amide bonds. The molecule has 0 aliphatic carbocycles. The van der Waals surface area contributed by atoms with E-state index in [4.69, 9.17) is 11.6 Å². The summed E-state index contributed by atoms with van der Waals surface area (Å²) in [5, 5.41) is 8.90. The molecule has 1 aromatic carbocycles. The number of hydrogen-bond acceptors (Lipinski definition) is 2. The second-order valence-corrected chi connectivity index (χ2v) is 7.15. The maximum atomic E-state index is 6.16. The molecule has 21 heavy (non-hydrogen) atoms. The van der Waals surface area contributed by atoms with Gasteiger partial charge < -0.3 is 5.32 Å². The predicted octanol–water partition coefficient (Wildman–Crippen LogP) is 4.54. The van der Waals surface area contributed by atoms with Crippen LogP contribution in [0, 0.1) is 0 Å². The van der Waals surface area contributed by atoms with E-state index in [0.717, 1.165) is 22.9 Å². The van der Waals surface area contributed by atoms with Crippen LogP contribution in [0.3, 0.4) is 0 Å². The van der Waals surface area contributed by atoms with Crippen LogP contribution in [0.15, 0.2) is 30.5 Å². The Kier molecular flexibility index (Phi) is 4.74. The van der Waals surface area contributed by atoms with Gasteiger partial charge in [-0.25, -0.2) is 4.68 Å². The Morgan fingerprint density at radius 2 is 1.95 bits per heavy atom. The summed E-state index contributed by atoms with van der Waals surface area (Å²) in [6.07, 6.45) is 2.00. The second-order valence-electron chi connectivity index (χ2n) is 6.72. The highest BCUT2D eigenvalue weighted by Gasteiger charge is 2.13. The van der Waals surface area contributed by atoms with Crippen molar-refractivity contribution in [3.05, 3.63) is 46.7 Å². The lowest BCUT2D eigenvalue weighted by molar-refractivity contribution is 0.424. The van der Waals surface area contributed by atoms with Crippen molar-refractivity contribution < 1.29 is 0 Å². The molecule has 1 aromatic heterocycles. The predicted molar refractivity (Wildman–Crippen MR) is 89.3 cm³/mol. The number of benzene rings is 1. The molecule has 0 aliphatic rings. The number of nitrogens with zero attached hydrogens (tertiary/aromatic N) is 2. The molecule has 0 radical (unpaired) electrons. The van der Waals surface area contributed by atoms with Gasteiger partial charge in [0, 0.05) is 23.3 Å². The molecule has 2 rings (SSSR count). The SMILES string of the molecule is CC(C)c1ccn(-c2cc(Cl)ccc2CNC(C)(C)C)n1. The highest BCUT2D eigenvalue weighted by atomic mass is 35.5. The molecule has 0 bridgehead atoms. The van der Waals surface area contributed by atoms with Crippen LogP contribution in [0.5, 0.6) is 0 Å². The first-order valence-corrected chi connectivity index (χ1v) is 7.73. The van der Waals surface area contributed by atoms with Crippen molar-refractivity contribution >= 4 is 11.6 Å². The summed E-state index contributed by atoms with van der Waals surface area (Å²) in [4.78, 5) is 0. The van der Waals surface area contributed by atoms with Gasteiger partial charge in [-0.05, 0) is 50.5 Å². The Balaban J connectivity index is 2.34. The molecular weight excluding hydrogens is 282 g/mol. The quantitative estimate of drug-likeness (QED) is 0.899. The van der Waals surface area contributed by atoms with Gasteiger partial charge in [0.1, 0.15) is 0 Å². The summed E-state index contributed by atoms with van der Waals surface area (Å²) >= 11 is 6.16. The van der Waals surface area contributed by atoms with E-state index in [9.17, 15) is 0 Å². The molecule has 0 saturated heterocycles. The van der Waals surface area contributed by atoms with Gasteiger partial charge in [0.15, 0.2) is 0 Å². The first-order valence-electron chi connectivity index (χ1n) is 7.35. The largest absolute Gasteiger partial charge is 0.308 e. The summed E-state index contributed by atoms with van der Waals surface area (Å²) in [7, 11) is 0. The molecule has 3 nitrogen and oxygen atoms in total. The molecule has 0 atom stereocenters. The van der Waals surface area contributed by atoms with Crippen LogP contribution in [0.25, 0.3) is 5.69 Å². The van der Waals surface area contributed by atoms with Crippen molar-refractivity contribution in [2.24, 2.45) is 0 Å². The van der Waals surface area contributed by atoms with Crippen molar-refractivity contribution in [1.29, 1.82) is 0 Å². The zero-order valence-corrected chi connectivity index (χ0v) is 14.2. The third kappa shape index (κ3) is 4.32. The Bertz CT molecular complexity index is 609. The number of aromatic nitrogens is 2. The van der Waals surface area contributed by atoms with Crippen molar-refractivity contribution in [3.63, 3.8) is 0 Å². The third-order valence-electron chi connectivity index (χ3n) is 3.30. The van der Waals surface area contributed by atoms with E-state index < -0.39 is 0 Å². The van der Waals surface area contributed by atoms with Crippen LogP contribution >= 0.6 is 11.6 Å². The molecule has 2 aromatic rings. The van der Waals surface area contributed by atoms with Gasteiger partial charge >= 0.3 is 0 Å². The molecular formula is C17H24ClN3. The van der Waals surface area contributed by atoms with E-state index in [1.165, 1.54) is 5.56 Å². The summed E-state index contributed by atoms with van der Waals surface area (Å²) < 4.78 is 1.92. The van der Waals surface area contributed by atoms with Crippen LogP contribution in [0.4, 0.5) is 0 Å². The zero-order chi connectivity index (χ0) is 15.6. The topological polar surface area (TPSA) is 29.9 Å². The molecule has 1 N–H and O–H groups in total. The highest BCUT2D eigenvalue weighted by molar-refractivity contribution is 6.30. The second kappa shape index (κ2) is 6.20. The fourth-order valence-electron chi connectivity index (χ4n) is 2.04. The van der Waals surface area contributed by atoms with Gasteiger partial charge in [0.05, 0.1) is 11.4 Å². The Hall–Kier alpha value is -1.32. The van der Waals surface area contributed by atoms with Crippen LogP contribution in [0.1, 0.15) is 51.8 Å². The zero-order valence-electron chi connectivity index (χ0n) is 13.4.